The molecule has 342 valence electrons. The molecule has 67 heavy (non-hydrogen) atoms. The van der Waals surface area contributed by atoms with Crippen LogP contribution in [-0.2, 0) is 26.1 Å². The van der Waals surface area contributed by atoms with Gasteiger partial charge in [-0.3, -0.25) is 0 Å². The Bertz CT molecular complexity index is 2900. The van der Waals surface area contributed by atoms with Crippen LogP contribution in [0.4, 0.5) is 20.7 Å². The van der Waals surface area contributed by atoms with E-state index in [1.54, 1.807) is 0 Å². The second kappa shape index (κ2) is 22.8. The van der Waals surface area contributed by atoms with E-state index in [0.717, 1.165) is 99.3 Å². The highest BCUT2D eigenvalue weighted by atomic mass is 35.5. The summed E-state index contributed by atoms with van der Waals surface area (Å²) in [7, 11) is 0. The fourth-order valence-corrected chi connectivity index (χ4v) is 8.15. The number of halogens is 3. The lowest BCUT2D eigenvalue weighted by Gasteiger charge is -2.18. The van der Waals surface area contributed by atoms with Crippen molar-refractivity contribution in [2.75, 3.05) is 11.5 Å². The number of rotatable bonds is 16. The molecule has 8 rings (SSSR count). The highest BCUT2D eigenvalue weighted by Crippen LogP contribution is 2.38. The maximum absolute atomic E-state index is 15.3. The smallest absolute Gasteiger partial charge is 0.221 e. The number of ether oxygens (including phenoxy) is 2. The van der Waals surface area contributed by atoms with Gasteiger partial charge in [0.15, 0.2) is 11.6 Å². The molecule has 4 N–H and O–H groups in total. The van der Waals surface area contributed by atoms with Gasteiger partial charge in [0.1, 0.15) is 19.0 Å². The van der Waals surface area contributed by atoms with Crippen molar-refractivity contribution in [1.29, 1.82) is 0 Å². The van der Waals surface area contributed by atoms with E-state index in [1.165, 1.54) is 12.1 Å². The fourth-order valence-electron chi connectivity index (χ4n) is 7.96. The van der Waals surface area contributed by atoms with E-state index in [9.17, 15) is 4.39 Å². The molecule has 0 aliphatic heterocycles. The van der Waals surface area contributed by atoms with Crippen LogP contribution in [0.15, 0.2) is 140 Å². The number of nitrogen functional groups attached to an aromatic ring is 2. The first-order valence-electron chi connectivity index (χ1n) is 22.6. The van der Waals surface area contributed by atoms with Crippen molar-refractivity contribution in [3.63, 3.8) is 0 Å². The number of unbranched alkanes of at least 4 members (excludes halogenated alkanes) is 2. The van der Waals surface area contributed by atoms with Gasteiger partial charge >= 0.3 is 0 Å². The zero-order chi connectivity index (χ0) is 47.3. The van der Waals surface area contributed by atoms with Crippen LogP contribution in [0.5, 0.6) is 11.5 Å². The molecule has 0 radical (unpaired) electrons. The summed E-state index contributed by atoms with van der Waals surface area (Å²) in [5, 5.41) is 0.708. The van der Waals surface area contributed by atoms with Crippen LogP contribution in [0.1, 0.15) is 72.9 Å². The van der Waals surface area contributed by atoms with E-state index < -0.39 is 11.6 Å². The van der Waals surface area contributed by atoms with Crippen molar-refractivity contribution in [2.45, 2.75) is 79.4 Å². The number of benzene rings is 6. The lowest BCUT2D eigenvalue weighted by atomic mass is 9.94. The number of nitrogens with two attached hydrogens (primary N) is 2. The van der Waals surface area contributed by atoms with Crippen molar-refractivity contribution < 1.29 is 18.3 Å². The Kier molecular flexibility index (Phi) is 16.3. The number of aromatic nitrogens is 4. The molecule has 0 unspecified atom stereocenters. The minimum atomic E-state index is -1.05. The van der Waals surface area contributed by atoms with Gasteiger partial charge in [-0.15, -0.1) is 0 Å². The molecule has 2 heterocycles. The number of anilines is 2. The Morgan fingerprint density at radius 2 is 1.00 bits per heavy atom. The molecule has 0 saturated carbocycles. The molecule has 0 spiro atoms. The topological polar surface area (TPSA) is 122 Å². The maximum atomic E-state index is 15.3. The van der Waals surface area contributed by atoms with Crippen molar-refractivity contribution >= 4 is 23.5 Å². The van der Waals surface area contributed by atoms with Gasteiger partial charge in [-0.05, 0) is 86.6 Å². The van der Waals surface area contributed by atoms with Gasteiger partial charge in [-0.2, -0.15) is 4.39 Å². The summed E-state index contributed by atoms with van der Waals surface area (Å²) in [4.78, 5) is 18.1. The van der Waals surface area contributed by atoms with E-state index in [0.29, 0.717) is 29.4 Å². The number of aryl methyl sites for hydroxylation is 2. The zero-order valence-electron chi connectivity index (χ0n) is 38.3. The maximum Gasteiger partial charge on any atom is 0.221 e. The van der Waals surface area contributed by atoms with Gasteiger partial charge < -0.3 is 20.9 Å². The largest absolute Gasteiger partial charge is 0.488 e. The quantitative estimate of drug-likeness (QED) is 0.0983. The summed E-state index contributed by atoms with van der Waals surface area (Å²) < 4.78 is 42.0. The predicted octanol–water partition coefficient (Wildman–Crippen LogP) is 14.2. The van der Waals surface area contributed by atoms with Crippen LogP contribution < -0.4 is 20.9 Å². The summed E-state index contributed by atoms with van der Waals surface area (Å²) in [6, 6.07) is 44.0. The normalized spacial score (nSPS) is 10.9. The van der Waals surface area contributed by atoms with Gasteiger partial charge in [0.05, 0.1) is 22.8 Å². The Morgan fingerprint density at radius 1 is 0.522 bits per heavy atom. The average molecular weight is 918 g/mol. The van der Waals surface area contributed by atoms with Crippen LogP contribution in [0.3, 0.4) is 0 Å². The van der Waals surface area contributed by atoms with Gasteiger partial charge in [-0.1, -0.05) is 147 Å². The number of hydrogen-bond acceptors (Lipinski definition) is 8. The summed E-state index contributed by atoms with van der Waals surface area (Å²) in [5.74, 6) is -1.07. The van der Waals surface area contributed by atoms with Crippen LogP contribution in [0.25, 0.3) is 45.0 Å². The monoisotopic (exact) mass is 916 g/mol. The molecular weight excluding hydrogens is 862 g/mol. The predicted molar refractivity (Wildman–Crippen MR) is 268 cm³/mol. The van der Waals surface area contributed by atoms with E-state index in [1.807, 2.05) is 103 Å². The molecule has 0 bridgehead atoms. The fraction of sp³-hybridized carbons (Fsp3) is 0.214. The minimum absolute atomic E-state index is 0.00770. The van der Waals surface area contributed by atoms with Crippen molar-refractivity contribution in [2.24, 2.45) is 0 Å². The summed E-state index contributed by atoms with van der Waals surface area (Å²) in [6.45, 7) is 8.94. The molecule has 2 aromatic heterocycles. The van der Waals surface area contributed by atoms with Crippen molar-refractivity contribution in [3.8, 4) is 56.5 Å². The molecule has 0 saturated heterocycles. The van der Waals surface area contributed by atoms with E-state index >= 15 is 4.39 Å². The third-order valence-corrected chi connectivity index (χ3v) is 11.7. The molecule has 6 aromatic carbocycles. The standard InChI is InChI=1S/C29H30ClN3O.C27H25F2N3O/c1-4-5-14-24-26(21-11-7-6-8-12-21)32-29(31)33-27(24)23-16-19(2)28(20(3)17-23)34-18-22-13-9-10-15-25(22)30;1-2-3-14-21-25(19-12-8-5-9-13-19)31-27(30)32-26(21)20-15-16-22(24(29)23(20)28)33-17-18-10-6-4-7-11-18/h6-13,15-17H,4-5,14,18H2,1-3H3,(H2,31,32,33);4-13,15-16H,2-3,14,17H2,1H3,(H2,30,31,32). The zero-order valence-corrected chi connectivity index (χ0v) is 39.1. The first-order valence-corrected chi connectivity index (χ1v) is 23.0. The Labute approximate surface area is 397 Å². The molecule has 8 nitrogen and oxygen atoms in total. The molecule has 0 amide bonds. The molecule has 11 heteroatoms. The Balaban J connectivity index is 0.000000199. The number of nitrogens with zero attached hydrogens (tertiary/aromatic N) is 4. The van der Waals surface area contributed by atoms with Crippen LogP contribution in [-0.4, -0.2) is 19.9 Å². The van der Waals surface area contributed by atoms with Crippen LogP contribution in [0.2, 0.25) is 5.02 Å². The second-order valence-corrected chi connectivity index (χ2v) is 16.7. The van der Waals surface area contributed by atoms with Gasteiger partial charge in [0, 0.05) is 44.0 Å². The molecule has 8 aromatic rings. The molecule has 0 aliphatic carbocycles. The molecule has 0 fully saturated rings. The highest BCUT2D eigenvalue weighted by molar-refractivity contribution is 6.31. The van der Waals surface area contributed by atoms with Gasteiger partial charge in [-0.25, -0.2) is 24.3 Å². The summed E-state index contributed by atoms with van der Waals surface area (Å²) in [5.41, 5.74) is 23.7. The first-order chi connectivity index (χ1) is 32.6. The van der Waals surface area contributed by atoms with E-state index in [2.05, 4.69) is 66.9 Å². The minimum Gasteiger partial charge on any atom is -0.488 e. The van der Waals surface area contributed by atoms with Gasteiger partial charge in [0.25, 0.3) is 0 Å². The molecular formula is C56H55ClF2N6O2. The van der Waals surface area contributed by atoms with Crippen LogP contribution >= 0.6 is 11.6 Å². The third kappa shape index (κ3) is 11.8. The Morgan fingerprint density at radius 3 is 1.54 bits per heavy atom. The van der Waals surface area contributed by atoms with Crippen molar-refractivity contribution in [1.82, 2.24) is 19.9 Å². The number of hydrogen-bond donors (Lipinski definition) is 2. The molecule has 0 aliphatic rings. The third-order valence-electron chi connectivity index (χ3n) is 11.3. The van der Waals surface area contributed by atoms with Crippen LogP contribution in [0, 0.1) is 25.5 Å². The summed E-state index contributed by atoms with van der Waals surface area (Å²) in [6.07, 6.45) is 5.43. The van der Waals surface area contributed by atoms with Crippen molar-refractivity contribution in [3.05, 3.63) is 190 Å². The van der Waals surface area contributed by atoms with Gasteiger partial charge in [0.2, 0.25) is 17.7 Å². The second-order valence-electron chi connectivity index (χ2n) is 16.3. The highest BCUT2D eigenvalue weighted by Gasteiger charge is 2.23. The Hall–Kier alpha value is -7.17. The molecule has 0 atom stereocenters. The lowest BCUT2D eigenvalue weighted by molar-refractivity contribution is 0.285. The first kappa shape index (κ1) is 47.8. The van der Waals surface area contributed by atoms with E-state index in [4.69, 9.17) is 37.5 Å². The average Bonchev–Trinajstić information content (AvgIpc) is 3.34. The SMILES string of the molecule is CCCCc1c(-c2ccccc2)nc(N)nc1-c1cc(C)c(OCc2ccccc2Cl)c(C)c1.CCCCc1c(-c2ccccc2)nc(N)nc1-c1ccc(OCc2ccccc2)c(F)c1F. The summed E-state index contributed by atoms with van der Waals surface area (Å²) >= 11 is 6.31. The lowest BCUT2D eigenvalue weighted by Crippen LogP contribution is -2.07. The van der Waals surface area contributed by atoms with E-state index in [-0.39, 0.29) is 29.8 Å².